The van der Waals surface area contributed by atoms with Gasteiger partial charge in [0.15, 0.2) is 8.32 Å². The number of carbonyl (C=O) groups excluding carboxylic acids is 1. The van der Waals surface area contributed by atoms with Crippen molar-refractivity contribution in [3.63, 3.8) is 0 Å². The predicted molar refractivity (Wildman–Crippen MR) is 110 cm³/mol. The Bertz CT molecular complexity index is 896. The molecule has 1 aliphatic heterocycles. The van der Waals surface area contributed by atoms with Gasteiger partial charge in [-0.2, -0.15) is 0 Å². The molecule has 2 aromatic rings. The Balaban J connectivity index is 2.02. The highest BCUT2D eigenvalue weighted by atomic mass is 35.5. The molecule has 0 saturated carbocycles. The Morgan fingerprint density at radius 1 is 1.19 bits per heavy atom. The standard InChI is InChI=1S/C20H22ClFN2O2Si/c1-27(2,3)26-11-10-24-18-9-8-14(21)12-16(18)20(23-13-19(24)25)15-6-4-5-7-17(15)22/h4-9,12H,10-11,13H2,1-3H3. The van der Waals surface area contributed by atoms with Crippen LogP contribution in [0.1, 0.15) is 11.1 Å². The van der Waals surface area contributed by atoms with Crippen molar-refractivity contribution in [2.45, 2.75) is 19.6 Å². The maximum atomic E-state index is 14.4. The molecule has 0 atom stereocenters. The lowest BCUT2D eigenvalue weighted by Gasteiger charge is -2.25. The molecular weight excluding hydrogens is 383 g/mol. The second-order valence-corrected chi connectivity index (χ2v) is 12.3. The van der Waals surface area contributed by atoms with E-state index in [2.05, 4.69) is 24.6 Å². The summed E-state index contributed by atoms with van der Waals surface area (Å²) in [5.74, 6) is -0.533. The number of halogens is 2. The molecule has 1 heterocycles. The fourth-order valence-corrected chi connectivity index (χ4v) is 3.83. The molecule has 3 rings (SSSR count). The van der Waals surface area contributed by atoms with Crippen LogP contribution in [0.4, 0.5) is 10.1 Å². The number of benzodiazepines with no additional fused rings is 1. The maximum absolute atomic E-state index is 14.4. The van der Waals surface area contributed by atoms with E-state index < -0.39 is 8.32 Å². The molecule has 0 unspecified atom stereocenters. The van der Waals surface area contributed by atoms with Crippen molar-refractivity contribution in [3.8, 4) is 0 Å². The van der Waals surface area contributed by atoms with E-state index in [1.54, 1.807) is 41.3 Å². The van der Waals surface area contributed by atoms with Crippen LogP contribution in [0.2, 0.25) is 24.7 Å². The van der Waals surface area contributed by atoms with E-state index in [1.807, 2.05) is 0 Å². The quantitative estimate of drug-likeness (QED) is 0.688. The average Bonchev–Trinajstić information content (AvgIpc) is 2.72. The van der Waals surface area contributed by atoms with Gasteiger partial charge in [0.2, 0.25) is 5.91 Å². The van der Waals surface area contributed by atoms with Crippen molar-refractivity contribution in [3.05, 3.63) is 64.4 Å². The van der Waals surface area contributed by atoms with E-state index in [4.69, 9.17) is 16.0 Å². The van der Waals surface area contributed by atoms with Gasteiger partial charge in [0, 0.05) is 22.7 Å². The van der Waals surface area contributed by atoms with Crippen LogP contribution in [-0.4, -0.2) is 39.6 Å². The molecule has 4 nitrogen and oxygen atoms in total. The molecule has 0 aliphatic carbocycles. The first kappa shape index (κ1) is 19.7. The van der Waals surface area contributed by atoms with Crippen molar-refractivity contribution in [1.82, 2.24) is 0 Å². The number of carbonyl (C=O) groups is 1. The van der Waals surface area contributed by atoms with Gasteiger partial charge in [0.25, 0.3) is 0 Å². The molecular formula is C20H22ClFN2O2Si. The van der Waals surface area contributed by atoms with Gasteiger partial charge in [-0.3, -0.25) is 9.79 Å². The molecule has 0 radical (unpaired) electrons. The number of hydrogen-bond donors (Lipinski definition) is 0. The molecule has 1 amide bonds. The summed E-state index contributed by atoms with van der Waals surface area (Å²) < 4.78 is 20.3. The number of hydrogen-bond acceptors (Lipinski definition) is 3. The van der Waals surface area contributed by atoms with Gasteiger partial charge in [-0.15, -0.1) is 0 Å². The highest BCUT2D eigenvalue weighted by Gasteiger charge is 2.27. The summed E-state index contributed by atoms with van der Waals surface area (Å²) in [5.41, 5.74) is 2.11. The summed E-state index contributed by atoms with van der Waals surface area (Å²) in [6, 6.07) is 11.7. The highest BCUT2D eigenvalue weighted by Crippen LogP contribution is 2.30. The van der Waals surface area contributed by atoms with E-state index in [9.17, 15) is 9.18 Å². The van der Waals surface area contributed by atoms with Gasteiger partial charge in [-0.25, -0.2) is 4.39 Å². The topological polar surface area (TPSA) is 41.9 Å². The van der Waals surface area contributed by atoms with E-state index in [-0.39, 0.29) is 18.3 Å². The first-order valence-corrected chi connectivity index (χ1v) is 12.6. The molecule has 0 bridgehead atoms. The lowest BCUT2D eigenvalue weighted by Crippen LogP contribution is -2.38. The second kappa shape index (κ2) is 7.92. The molecule has 0 saturated heterocycles. The number of anilines is 1. The Hall–Kier alpha value is -2.02. The van der Waals surface area contributed by atoms with Crippen molar-refractivity contribution < 1.29 is 13.6 Å². The lowest BCUT2D eigenvalue weighted by molar-refractivity contribution is -0.117. The van der Waals surface area contributed by atoms with Crippen molar-refractivity contribution >= 4 is 37.2 Å². The number of aliphatic imine (C=N–C) groups is 1. The third-order valence-electron chi connectivity index (χ3n) is 4.16. The highest BCUT2D eigenvalue weighted by molar-refractivity contribution is 6.69. The van der Waals surface area contributed by atoms with Gasteiger partial charge in [0.05, 0.1) is 18.0 Å². The number of fused-ring (bicyclic) bond motifs is 1. The van der Waals surface area contributed by atoms with Crippen LogP contribution in [0.15, 0.2) is 47.5 Å². The molecule has 0 N–H and O–H groups in total. The summed E-state index contributed by atoms with van der Waals surface area (Å²) in [4.78, 5) is 18.8. The SMILES string of the molecule is C[Si](C)(C)OCCN1C(=O)CN=C(c2ccccc2F)c2cc(Cl)ccc21. The lowest BCUT2D eigenvalue weighted by atomic mass is 9.99. The molecule has 142 valence electrons. The third-order valence-corrected chi connectivity index (χ3v) is 5.46. The maximum Gasteiger partial charge on any atom is 0.248 e. The molecule has 1 aliphatic rings. The number of rotatable bonds is 5. The van der Waals surface area contributed by atoms with Crippen LogP contribution < -0.4 is 4.90 Å². The molecule has 0 spiro atoms. The smallest absolute Gasteiger partial charge is 0.248 e. The first-order chi connectivity index (χ1) is 12.8. The van der Waals surface area contributed by atoms with Crippen molar-refractivity contribution in [2.75, 3.05) is 24.6 Å². The fraction of sp³-hybridized carbons (Fsp3) is 0.300. The summed E-state index contributed by atoms with van der Waals surface area (Å²) in [6.45, 7) is 7.11. The van der Waals surface area contributed by atoms with E-state index >= 15 is 0 Å². The van der Waals surface area contributed by atoms with Crippen molar-refractivity contribution in [1.29, 1.82) is 0 Å². The summed E-state index contributed by atoms with van der Waals surface area (Å²) in [6.07, 6.45) is 0. The van der Waals surface area contributed by atoms with Gasteiger partial charge in [-0.05, 0) is 50.0 Å². The Morgan fingerprint density at radius 3 is 2.63 bits per heavy atom. The number of amides is 1. The zero-order chi connectivity index (χ0) is 19.6. The van der Waals surface area contributed by atoms with E-state index in [1.165, 1.54) is 6.07 Å². The molecule has 7 heteroatoms. The number of benzene rings is 2. The predicted octanol–water partition coefficient (Wildman–Crippen LogP) is 4.51. The first-order valence-electron chi connectivity index (χ1n) is 8.80. The largest absolute Gasteiger partial charge is 0.416 e. The monoisotopic (exact) mass is 404 g/mol. The Kier molecular flexibility index (Phi) is 5.79. The van der Waals surface area contributed by atoms with Gasteiger partial charge >= 0.3 is 0 Å². The second-order valence-electron chi connectivity index (χ2n) is 7.31. The molecule has 27 heavy (non-hydrogen) atoms. The average molecular weight is 405 g/mol. The summed E-state index contributed by atoms with van der Waals surface area (Å²) in [7, 11) is -1.69. The minimum Gasteiger partial charge on any atom is -0.416 e. The number of nitrogens with zero attached hydrogens (tertiary/aromatic N) is 2. The van der Waals surface area contributed by atoms with Gasteiger partial charge in [-0.1, -0.05) is 23.7 Å². The zero-order valence-electron chi connectivity index (χ0n) is 15.6. The zero-order valence-corrected chi connectivity index (χ0v) is 17.4. The Labute approximate surface area is 164 Å². The third kappa shape index (κ3) is 4.64. The summed E-state index contributed by atoms with van der Waals surface area (Å²) >= 11 is 6.20. The molecule has 0 fully saturated rings. The Morgan fingerprint density at radius 2 is 1.93 bits per heavy atom. The van der Waals surface area contributed by atoms with E-state index in [0.29, 0.717) is 40.7 Å². The van der Waals surface area contributed by atoms with Crippen LogP contribution in [-0.2, 0) is 9.22 Å². The van der Waals surface area contributed by atoms with Crippen LogP contribution in [0.3, 0.4) is 0 Å². The summed E-state index contributed by atoms with van der Waals surface area (Å²) in [5, 5.41) is 0.505. The minimum absolute atomic E-state index is 0.0527. The van der Waals surface area contributed by atoms with Crippen molar-refractivity contribution in [2.24, 2.45) is 4.99 Å². The van der Waals surface area contributed by atoms with Crippen LogP contribution in [0, 0.1) is 5.82 Å². The normalized spacial score (nSPS) is 14.6. The minimum atomic E-state index is -1.69. The van der Waals surface area contributed by atoms with Crippen LogP contribution >= 0.6 is 11.6 Å². The van der Waals surface area contributed by atoms with Gasteiger partial charge in [0.1, 0.15) is 12.4 Å². The molecule has 0 aromatic heterocycles. The van der Waals surface area contributed by atoms with Crippen LogP contribution in [0.25, 0.3) is 0 Å². The van der Waals surface area contributed by atoms with E-state index in [0.717, 1.165) is 0 Å². The molecule has 2 aromatic carbocycles. The fourth-order valence-electron chi connectivity index (χ4n) is 2.96. The van der Waals surface area contributed by atoms with Crippen LogP contribution in [0.5, 0.6) is 0 Å². The van der Waals surface area contributed by atoms with Gasteiger partial charge < -0.3 is 9.33 Å².